The summed E-state index contributed by atoms with van der Waals surface area (Å²) in [5.41, 5.74) is 2.55. The van der Waals surface area contributed by atoms with Crippen molar-refractivity contribution in [3.8, 4) is 5.75 Å². The van der Waals surface area contributed by atoms with Crippen LogP contribution in [0.15, 0.2) is 83.8 Å². The minimum absolute atomic E-state index is 0.145. The number of para-hydroxylation sites is 1. The predicted molar refractivity (Wildman–Crippen MR) is 136 cm³/mol. The molecule has 0 fully saturated rings. The van der Waals surface area contributed by atoms with Crippen LogP contribution >= 0.6 is 0 Å². The van der Waals surface area contributed by atoms with Crippen LogP contribution in [-0.4, -0.2) is 34.0 Å². The van der Waals surface area contributed by atoms with E-state index in [9.17, 15) is 13.2 Å². The van der Waals surface area contributed by atoms with Gasteiger partial charge >= 0.3 is 0 Å². The number of anilines is 1. The Morgan fingerprint density at radius 3 is 2.32 bits per heavy atom. The summed E-state index contributed by atoms with van der Waals surface area (Å²) in [6, 6.07) is 23.2. The van der Waals surface area contributed by atoms with Crippen LogP contribution in [0.1, 0.15) is 30.9 Å². The number of nitrogens with zero attached hydrogens (tertiary/aromatic N) is 1. The molecule has 0 aliphatic heterocycles. The van der Waals surface area contributed by atoms with Crippen LogP contribution in [0.4, 0.5) is 5.69 Å². The van der Waals surface area contributed by atoms with E-state index < -0.39 is 10.0 Å². The van der Waals surface area contributed by atoms with Gasteiger partial charge < -0.3 is 10.1 Å². The highest BCUT2D eigenvalue weighted by molar-refractivity contribution is 7.92. The number of hydrogen-bond donors (Lipinski definition) is 1. The molecule has 3 aromatic rings. The Morgan fingerprint density at radius 2 is 1.62 bits per heavy atom. The van der Waals surface area contributed by atoms with Gasteiger partial charge in [-0.25, -0.2) is 8.42 Å². The van der Waals surface area contributed by atoms with Gasteiger partial charge in [0.1, 0.15) is 12.3 Å². The van der Waals surface area contributed by atoms with Crippen molar-refractivity contribution in [3.05, 3.63) is 90.0 Å². The van der Waals surface area contributed by atoms with E-state index in [0.29, 0.717) is 25.3 Å². The molecule has 0 aliphatic rings. The lowest BCUT2D eigenvalue weighted by Crippen LogP contribution is -2.41. The minimum atomic E-state index is -3.89. The van der Waals surface area contributed by atoms with Crippen LogP contribution in [0.5, 0.6) is 5.75 Å². The number of carbonyl (C=O) groups is 1. The van der Waals surface area contributed by atoms with E-state index >= 15 is 0 Å². The van der Waals surface area contributed by atoms with Gasteiger partial charge in [0.2, 0.25) is 5.91 Å². The van der Waals surface area contributed by atoms with Gasteiger partial charge in [0.25, 0.3) is 10.0 Å². The van der Waals surface area contributed by atoms with E-state index in [1.54, 1.807) is 30.3 Å². The van der Waals surface area contributed by atoms with Crippen molar-refractivity contribution < 1.29 is 17.9 Å². The molecule has 1 N–H and O–H groups in total. The van der Waals surface area contributed by atoms with Crippen LogP contribution < -0.4 is 14.4 Å². The number of amides is 1. The highest BCUT2D eigenvalue weighted by atomic mass is 32.2. The van der Waals surface area contributed by atoms with Gasteiger partial charge in [-0.05, 0) is 62.1 Å². The molecule has 0 radical (unpaired) electrons. The summed E-state index contributed by atoms with van der Waals surface area (Å²) in [6.07, 6.45) is 2.41. The lowest BCUT2D eigenvalue weighted by Gasteiger charge is -2.24. The van der Waals surface area contributed by atoms with Crippen LogP contribution in [0.2, 0.25) is 0 Å². The molecule has 1 amide bonds. The molecule has 0 atom stereocenters. The number of nitrogens with one attached hydrogen (secondary N) is 1. The smallest absolute Gasteiger partial charge is 0.264 e. The number of rotatable bonds is 12. The summed E-state index contributed by atoms with van der Waals surface area (Å²) in [7, 11) is -3.89. The summed E-state index contributed by atoms with van der Waals surface area (Å²) in [4.78, 5) is 12.9. The molecule has 0 saturated carbocycles. The molecule has 0 unspecified atom stereocenters. The standard InChI is InChI=1S/C27H32N2O4S/c1-3-20-33-26-14-8-7-10-23(26)11-9-19-28-27(30)21-29(24-17-15-22(2)16-18-24)34(31,32)25-12-5-4-6-13-25/h4-8,10,12-18H,3,9,11,19-21H2,1-2H3,(H,28,30). The topological polar surface area (TPSA) is 75.7 Å². The molecule has 0 aromatic heterocycles. The molecule has 3 rings (SSSR count). The summed E-state index contributed by atoms with van der Waals surface area (Å²) < 4.78 is 33.6. The Balaban J connectivity index is 1.64. The molecule has 34 heavy (non-hydrogen) atoms. The molecule has 3 aromatic carbocycles. The van der Waals surface area contributed by atoms with Gasteiger partial charge in [0.15, 0.2) is 0 Å². The maximum Gasteiger partial charge on any atom is 0.264 e. The number of hydrogen-bond acceptors (Lipinski definition) is 4. The maximum atomic E-state index is 13.3. The lowest BCUT2D eigenvalue weighted by molar-refractivity contribution is -0.119. The number of ether oxygens (including phenoxy) is 1. The molecule has 7 heteroatoms. The molecule has 0 spiro atoms. The number of sulfonamides is 1. The Labute approximate surface area is 202 Å². The molecule has 6 nitrogen and oxygen atoms in total. The SMILES string of the molecule is CCCOc1ccccc1CCCNC(=O)CN(c1ccc(C)cc1)S(=O)(=O)c1ccccc1. The van der Waals surface area contributed by atoms with E-state index in [1.165, 1.54) is 12.1 Å². The van der Waals surface area contributed by atoms with Crippen molar-refractivity contribution in [2.75, 3.05) is 24.0 Å². The minimum Gasteiger partial charge on any atom is -0.493 e. The van der Waals surface area contributed by atoms with E-state index in [4.69, 9.17) is 4.74 Å². The summed E-state index contributed by atoms with van der Waals surface area (Å²) in [6.45, 7) is 4.80. The zero-order valence-electron chi connectivity index (χ0n) is 19.7. The van der Waals surface area contributed by atoms with E-state index in [1.807, 2.05) is 43.3 Å². The van der Waals surface area contributed by atoms with Crippen LogP contribution in [0.25, 0.3) is 0 Å². The van der Waals surface area contributed by atoms with Crippen LogP contribution in [0.3, 0.4) is 0 Å². The van der Waals surface area contributed by atoms with Gasteiger partial charge in [0.05, 0.1) is 17.2 Å². The third-order valence-electron chi connectivity index (χ3n) is 5.32. The molecule has 0 saturated heterocycles. The number of aryl methyl sites for hydroxylation is 2. The van der Waals surface area contributed by atoms with Crippen LogP contribution in [0, 0.1) is 6.92 Å². The maximum absolute atomic E-state index is 13.3. The van der Waals surface area contributed by atoms with Crippen molar-refractivity contribution >= 4 is 21.6 Å². The van der Waals surface area contributed by atoms with E-state index in [2.05, 4.69) is 12.2 Å². The highest BCUT2D eigenvalue weighted by Gasteiger charge is 2.26. The van der Waals surface area contributed by atoms with Gasteiger partial charge in [0, 0.05) is 6.54 Å². The Hall–Kier alpha value is -3.32. The third kappa shape index (κ3) is 6.84. The first-order chi connectivity index (χ1) is 16.4. The van der Waals surface area contributed by atoms with Crippen molar-refractivity contribution in [1.82, 2.24) is 5.32 Å². The average molecular weight is 481 g/mol. The van der Waals surface area contributed by atoms with Crippen molar-refractivity contribution in [2.24, 2.45) is 0 Å². The molecular formula is C27H32N2O4S. The van der Waals surface area contributed by atoms with E-state index in [0.717, 1.165) is 34.0 Å². The summed E-state index contributed by atoms with van der Waals surface area (Å²) >= 11 is 0. The lowest BCUT2D eigenvalue weighted by atomic mass is 10.1. The van der Waals surface area contributed by atoms with E-state index in [-0.39, 0.29) is 17.3 Å². The summed E-state index contributed by atoms with van der Waals surface area (Å²) in [5.74, 6) is 0.519. The zero-order valence-corrected chi connectivity index (χ0v) is 20.6. The second kappa shape index (κ2) is 12.2. The first kappa shape index (κ1) is 25.3. The van der Waals surface area contributed by atoms with Crippen molar-refractivity contribution in [2.45, 2.75) is 38.0 Å². The van der Waals surface area contributed by atoms with Crippen molar-refractivity contribution in [3.63, 3.8) is 0 Å². The van der Waals surface area contributed by atoms with Gasteiger partial charge in [-0.15, -0.1) is 0 Å². The number of benzene rings is 3. The monoisotopic (exact) mass is 480 g/mol. The Kier molecular flexibility index (Phi) is 9.10. The molecular weight excluding hydrogens is 448 g/mol. The predicted octanol–water partition coefficient (Wildman–Crippen LogP) is 4.73. The van der Waals surface area contributed by atoms with Crippen molar-refractivity contribution in [1.29, 1.82) is 0 Å². The highest BCUT2D eigenvalue weighted by Crippen LogP contribution is 2.24. The first-order valence-electron chi connectivity index (χ1n) is 11.5. The fraction of sp³-hybridized carbons (Fsp3) is 0.296. The Bertz CT molecular complexity index is 1160. The number of carbonyl (C=O) groups excluding carboxylic acids is 1. The molecule has 0 bridgehead atoms. The molecule has 180 valence electrons. The summed E-state index contributed by atoms with van der Waals surface area (Å²) in [5, 5.41) is 2.86. The Morgan fingerprint density at radius 1 is 0.941 bits per heavy atom. The van der Waals surface area contributed by atoms with Gasteiger partial charge in [-0.2, -0.15) is 0 Å². The molecule has 0 heterocycles. The largest absolute Gasteiger partial charge is 0.493 e. The second-order valence-corrected chi connectivity index (χ2v) is 9.93. The molecule has 0 aliphatic carbocycles. The zero-order chi connectivity index (χ0) is 24.4. The average Bonchev–Trinajstić information content (AvgIpc) is 2.85. The quantitative estimate of drug-likeness (QED) is 0.380. The fourth-order valence-corrected chi connectivity index (χ4v) is 4.94. The fourth-order valence-electron chi connectivity index (χ4n) is 3.50. The van der Waals surface area contributed by atoms with Gasteiger partial charge in [-0.3, -0.25) is 9.10 Å². The van der Waals surface area contributed by atoms with Gasteiger partial charge in [-0.1, -0.05) is 61.0 Å². The van der Waals surface area contributed by atoms with Crippen LogP contribution in [-0.2, 0) is 21.2 Å². The third-order valence-corrected chi connectivity index (χ3v) is 7.11. The normalized spacial score (nSPS) is 11.1. The first-order valence-corrected chi connectivity index (χ1v) is 13.0. The second-order valence-electron chi connectivity index (χ2n) is 8.07.